The second kappa shape index (κ2) is 9.51. The van der Waals surface area contributed by atoms with Gasteiger partial charge in [-0.25, -0.2) is 8.78 Å². The normalized spacial score (nSPS) is 16.2. The summed E-state index contributed by atoms with van der Waals surface area (Å²) in [5.41, 5.74) is 3.49. The van der Waals surface area contributed by atoms with Gasteiger partial charge in [0.15, 0.2) is 0 Å². The molecule has 3 rings (SSSR count). The zero-order chi connectivity index (χ0) is 23.5. The van der Waals surface area contributed by atoms with Crippen LogP contribution in [0.15, 0.2) is 24.5 Å². The van der Waals surface area contributed by atoms with Crippen LogP contribution in [0, 0.1) is 12.3 Å². The largest absolute Gasteiger partial charge is 0.481 e. The van der Waals surface area contributed by atoms with Crippen LogP contribution in [0.2, 0.25) is 0 Å². The first-order valence-corrected chi connectivity index (χ1v) is 11.3. The molecule has 0 aliphatic carbocycles. The van der Waals surface area contributed by atoms with E-state index in [9.17, 15) is 18.7 Å². The minimum Gasteiger partial charge on any atom is -0.481 e. The molecule has 1 saturated heterocycles. The van der Waals surface area contributed by atoms with Gasteiger partial charge in [0, 0.05) is 54.3 Å². The number of aryl methyl sites for hydroxylation is 1. The summed E-state index contributed by atoms with van der Waals surface area (Å²) in [5.74, 6) is -3.84. The van der Waals surface area contributed by atoms with Crippen LogP contribution in [0.3, 0.4) is 0 Å². The SMILES string of the molecule is CCCCC(F)(F)c1ccc(-c2cnc(C)c(CC(=O)O)c2N2CCC(C)(C)CC2)nc1. The van der Waals surface area contributed by atoms with Gasteiger partial charge < -0.3 is 10.0 Å². The number of anilines is 1. The second-order valence-corrected chi connectivity index (χ2v) is 9.55. The lowest BCUT2D eigenvalue weighted by Gasteiger charge is -2.40. The van der Waals surface area contributed by atoms with Crippen LogP contribution in [0.4, 0.5) is 14.5 Å². The highest BCUT2D eigenvalue weighted by atomic mass is 19.3. The maximum Gasteiger partial charge on any atom is 0.307 e. The van der Waals surface area contributed by atoms with E-state index in [0.29, 0.717) is 35.4 Å². The zero-order valence-corrected chi connectivity index (χ0v) is 19.4. The van der Waals surface area contributed by atoms with Crippen molar-refractivity contribution in [2.75, 3.05) is 18.0 Å². The van der Waals surface area contributed by atoms with Crippen molar-refractivity contribution < 1.29 is 18.7 Å². The molecule has 32 heavy (non-hydrogen) atoms. The van der Waals surface area contributed by atoms with E-state index < -0.39 is 11.9 Å². The molecule has 0 saturated carbocycles. The standard InChI is InChI=1S/C25H33F2N3O2/c1-5-6-9-25(26,27)18-7-8-21(29-15-18)20-16-28-17(2)19(14-22(31)32)23(20)30-12-10-24(3,4)11-13-30/h7-8,15-16H,5-6,9-14H2,1-4H3,(H,31,32). The Labute approximate surface area is 188 Å². The van der Waals surface area contributed by atoms with Gasteiger partial charge in [-0.05, 0) is 43.7 Å². The lowest BCUT2D eigenvalue weighted by atomic mass is 9.82. The number of pyridine rings is 2. The Bertz CT molecular complexity index is 948. The molecule has 0 unspecified atom stereocenters. The fourth-order valence-electron chi connectivity index (χ4n) is 4.19. The molecule has 0 aromatic carbocycles. The number of alkyl halides is 2. The molecule has 3 heterocycles. The van der Waals surface area contributed by atoms with Gasteiger partial charge in [-0.2, -0.15) is 0 Å². The molecule has 0 amide bonds. The van der Waals surface area contributed by atoms with E-state index in [4.69, 9.17) is 0 Å². The molecule has 2 aromatic rings. The number of hydrogen-bond acceptors (Lipinski definition) is 4. The molecular weight excluding hydrogens is 412 g/mol. The summed E-state index contributed by atoms with van der Waals surface area (Å²) in [5, 5.41) is 9.51. The number of aliphatic carboxylic acids is 1. The van der Waals surface area contributed by atoms with Gasteiger partial charge in [0.05, 0.1) is 17.8 Å². The molecule has 1 fully saturated rings. The fourth-order valence-corrected chi connectivity index (χ4v) is 4.19. The van der Waals surface area contributed by atoms with Crippen LogP contribution in [-0.2, 0) is 17.1 Å². The Hall–Kier alpha value is -2.57. The topological polar surface area (TPSA) is 66.3 Å². The summed E-state index contributed by atoms with van der Waals surface area (Å²) in [4.78, 5) is 22.6. The van der Waals surface area contributed by atoms with Crippen molar-refractivity contribution in [2.24, 2.45) is 5.41 Å². The average molecular weight is 446 g/mol. The number of halogens is 2. The van der Waals surface area contributed by atoms with Crippen LogP contribution < -0.4 is 4.90 Å². The fraction of sp³-hybridized carbons (Fsp3) is 0.560. The number of carboxylic acids is 1. The molecule has 174 valence electrons. The monoisotopic (exact) mass is 445 g/mol. The van der Waals surface area contributed by atoms with Crippen molar-refractivity contribution in [2.45, 2.75) is 72.1 Å². The van der Waals surface area contributed by atoms with Gasteiger partial charge in [-0.15, -0.1) is 0 Å². The van der Waals surface area contributed by atoms with Gasteiger partial charge >= 0.3 is 5.97 Å². The molecule has 5 nitrogen and oxygen atoms in total. The maximum atomic E-state index is 14.5. The van der Waals surface area contributed by atoms with Gasteiger partial charge in [-0.1, -0.05) is 27.2 Å². The average Bonchev–Trinajstić information content (AvgIpc) is 2.74. The quantitative estimate of drug-likeness (QED) is 0.541. The predicted molar refractivity (Wildman–Crippen MR) is 122 cm³/mol. The molecular formula is C25H33F2N3O2. The van der Waals surface area contributed by atoms with Crippen LogP contribution in [0.1, 0.15) is 69.7 Å². The number of unbranched alkanes of at least 4 members (excludes halogenated alkanes) is 1. The van der Waals surface area contributed by atoms with E-state index in [1.807, 2.05) is 13.8 Å². The molecule has 1 N–H and O–H groups in total. The predicted octanol–water partition coefficient (Wildman–Crippen LogP) is 5.99. The Balaban J connectivity index is 2.03. The van der Waals surface area contributed by atoms with Crippen LogP contribution in [-0.4, -0.2) is 34.1 Å². The summed E-state index contributed by atoms with van der Waals surface area (Å²) in [6, 6.07) is 3.03. The maximum absolute atomic E-state index is 14.5. The van der Waals surface area contributed by atoms with Crippen LogP contribution in [0.5, 0.6) is 0 Å². The van der Waals surface area contributed by atoms with E-state index in [-0.39, 0.29) is 23.8 Å². The Morgan fingerprint density at radius 2 is 1.88 bits per heavy atom. The summed E-state index contributed by atoms with van der Waals surface area (Å²) in [7, 11) is 0. The van der Waals surface area contributed by atoms with E-state index in [1.54, 1.807) is 12.3 Å². The van der Waals surface area contributed by atoms with Crippen LogP contribution in [0.25, 0.3) is 11.3 Å². The van der Waals surface area contributed by atoms with Crippen molar-refractivity contribution in [3.63, 3.8) is 0 Å². The Morgan fingerprint density at radius 3 is 2.44 bits per heavy atom. The Kier molecular flexibility index (Phi) is 7.16. The number of piperidine rings is 1. The van der Waals surface area contributed by atoms with Crippen molar-refractivity contribution in [1.29, 1.82) is 0 Å². The highest BCUT2D eigenvalue weighted by Crippen LogP contribution is 2.40. The van der Waals surface area contributed by atoms with E-state index in [2.05, 4.69) is 28.7 Å². The van der Waals surface area contributed by atoms with E-state index in [1.165, 1.54) is 12.3 Å². The molecule has 0 radical (unpaired) electrons. The highest BCUT2D eigenvalue weighted by molar-refractivity contribution is 5.83. The lowest BCUT2D eigenvalue weighted by Crippen LogP contribution is -2.38. The van der Waals surface area contributed by atoms with Gasteiger partial charge in [-0.3, -0.25) is 14.8 Å². The molecule has 0 spiro atoms. The minimum atomic E-state index is -2.91. The molecule has 7 heteroatoms. The number of rotatable bonds is 8. The van der Waals surface area contributed by atoms with Gasteiger partial charge in [0.2, 0.25) is 0 Å². The summed E-state index contributed by atoms with van der Waals surface area (Å²) >= 11 is 0. The highest BCUT2D eigenvalue weighted by Gasteiger charge is 2.32. The smallest absolute Gasteiger partial charge is 0.307 e. The first-order chi connectivity index (χ1) is 15.0. The first kappa shape index (κ1) is 24.1. The third kappa shape index (κ3) is 5.43. The molecule has 1 aliphatic heterocycles. The van der Waals surface area contributed by atoms with Crippen molar-refractivity contribution in [3.8, 4) is 11.3 Å². The first-order valence-electron chi connectivity index (χ1n) is 11.3. The van der Waals surface area contributed by atoms with E-state index in [0.717, 1.165) is 31.6 Å². The number of carbonyl (C=O) groups is 1. The van der Waals surface area contributed by atoms with E-state index >= 15 is 0 Å². The lowest BCUT2D eigenvalue weighted by molar-refractivity contribution is -0.136. The molecule has 1 aliphatic rings. The zero-order valence-electron chi connectivity index (χ0n) is 19.4. The third-order valence-corrected chi connectivity index (χ3v) is 6.43. The molecule has 0 atom stereocenters. The van der Waals surface area contributed by atoms with Crippen molar-refractivity contribution >= 4 is 11.7 Å². The molecule has 0 bridgehead atoms. The number of aromatic nitrogens is 2. The molecule has 2 aromatic heterocycles. The second-order valence-electron chi connectivity index (χ2n) is 9.55. The third-order valence-electron chi connectivity index (χ3n) is 6.43. The summed E-state index contributed by atoms with van der Waals surface area (Å²) in [6.07, 6.45) is 5.71. The van der Waals surface area contributed by atoms with Crippen LogP contribution >= 0.6 is 0 Å². The summed E-state index contributed by atoms with van der Waals surface area (Å²) in [6.45, 7) is 9.76. The number of carboxylic acid groups (broad SMARTS) is 1. The number of nitrogens with zero attached hydrogens (tertiary/aromatic N) is 3. The van der Waals surface area contributed by atoms with Gasteiger partial charge in [0.25, 0.3) is 5.92 Å². The number of hydrogen-bond donors (Lipinski definition) is 1. The minimum absolute atomic E-state index is 0.0956. The summed E-state index contributed by atoms with van der Waals surface area (Å²) < 4.78 is 28.9. The van der Waals surface area contributed by atoms with Crippen molar-refractivity contribution in [1.82, 2.24) is 9.97 Å². The van der Waals surface area contributed by atoms with Crippen molar-refractivity contribution in [3.05, 3.63) is 41.3 Å². The van der Waals surface area contributed by atoms with Gasteiger partial charge in [0.1, 0.15) is 0 Å². The Morgan fingerprint density at radius 1 is 1.19 bits per heavy atom.